The number of hydrogen-bond donors (Lipinski definition) is 0. The van der Waals surface area contributed by atoms with E-state index in [1.54, 1.807) is 29.9 Å². The van der Waals surface area contributed by atoms with Crippen molar-refractivity contribution in [2.75, 3.05) is 0 Å². The summed E-state index contributed by atoms with van der Waals surface area (Å²) in [6.07, 6.45) is 3.35. The summed E-state index contributed by atoms with van der Waals surface area (Å²) >= 11 is 1.32. The summed E-state index contributed by atoms with van der Waals surface area (Å²) in [6, 6.07) is 11.9. The normalized spacial score (nSPS) is 12.6. The van der Waals surface area contributed by atoms with Crippen LogP contribution >= 0.6 is 11.3 Å². The monoisotopic (exact) mass is 389 g/mol. The minimum Gasteiger partial charge on any atom is -0.289 e. The molecule has 0 radical (unpaired) electrons. The van der Waals surface area contributed by atoms with Crippen LogP contribution < -0.4 is 0 Å². The zero-order valence-electron chi connectivity index (χ0n) is 15.8. The van der Waals surface area contributed by atoms with Gasteiger partial charge in [0.15, 0.2) is 0 Å². The van der Waals surface area contributed by atoms with Crippen molar-refractivity contribution in [1.29, 1.82) is 5.26 Å². The topological polar surface area (TPSA) is 91.4 Å². The second kappa shape index (κ2) is 8.19. The van der Waals surface area contributed by atoms with Gasteiger partial charge in [-0.2, -0.15) is 15.5 Å². The predicted octanol–water partition coefficient (Wildman–Crippen LogP) is 5.36. The molecule has 1 unspecified atom stereocenters. The maximum atomic E-state index is 12.6. The second-order valence-electron chi connectivity index (χ2n) is 7.19. The van der Waals surface area contributed by atoms with Gasteiger partial charge in [-0.25, -0.2) is 4.98 Å². The highest BCUT2D eigenvalue weighted by Crippen LogP contribution is 2.27. The maximum Gasteiger partial charge on any atom is 0.222 e. The fourth-order valence-corrected chi connectivity index (χ4v) is 3.24. The van der Waals surface area contributed by atoms with Crippen molar-refractivity contribution in [2.45, 2.75) is 32.2 Å². The molecular weight excluding hydrogens is 370 g/mol. The molecule has 1 atom stereocenters. The molecule has 0 spiro atoms. The molecular formula is C21H19N5OS. The first-order chi connectivity index (χ1) is 13.4. The van der Waals surface area contributed by atoms with Crippen molar-refractivity contribution < 1.29 is 4.79 Å². The highest BCUT2D eigenvalue weighted by atomic mass is 32.1. The fraction of sp³-hybridized carbons (Fsp3) is 0.238. The van der Waals surface area contributed by atoms with Crippen LogP contribution in [-0.2, 0) is 5.41 Å². The lowest BCUT2D eigenvalue weighted by atomic mass is 9.87. The Kier molecular flexibility index (Phi) is 5.71. The quantitative estimate of drug-likeness (QED) is 0.434. The number of aromatic nitrogens is 2. The van der Waals surface area contributed by atoms with E-state index in [-0.39, 0.29) is 11.1 Å². The number of benzene rings is 1. The molecule has 1 aromatic carbocycles. The Balaban J connectivity index is 1.79. The van der Waals surface area contributed by atoms with Crippen LogP contribution in [0.4, 0.5) is 5.69 Å². The van der Waals surface area contributed by atoms with Crippen molar-refractivity contribution >= 4 is 22.8 Å². The Labute approximate surface area is 167 Å². The summed E-state index contributed by atoms with van der Waals surface area (Å²) in [5.74, 6) is -0.468. The van der Waals surface area contributed by atoms with E-state index in [4.69, 9.17) is 0 Å². The minimum absolute atomic E-state index is 0.0285. The average Bonchev–Trinajstić information content (AvgIpc) is 3.19. The van der Waals surface area contributed by atoms with Crippen molar-refractivity contribution in [3.63, 3.8) is 0 Å². The summed E-state index contributed by atoms with van der Waals surface area (Å²) < 4.78 is 0. The average molecular weight is 389 g/mol. The van der Waals surface area contributed by atoms with Crippen LogP contribution in [0.25, 0.3) is 10.6 Å². The third-order valence-corrected chi connectivity index (χ3v) is 4.93. The zero-order chi connectivity index (χ0) is 20.1. The molecule has 0 N–H and O–H groups in total. The van der Waals surface area contributed by atoms with Gasteiger partial charge in [0.1, 0.15) is 16.8 Å². The fourth-order valence-electron chi connectivity index (χ4n) is 2.44. The predicted molar refractivity (Wildman–Crippen MR) is 109 cm³/mol. The van der Waals surface area contributed by atoms with E-state index in [9.17, 15) is 10.1 Å². The lowest BCUT2D eigenvalue weighted by Crippen LogP contribution is -2.16. The van der Waals surface area contributed by atoms with E-state index in [1.807, 2.05) is 30.3 Å². The molecule has 0 saturated carbocycles. The van der Waals surface area contributed by atoms with Gasteiger partial charge in [0.2, 0.25) is 11.8 Å². The molecule has 0 amide bonds. The van der Waals surface area contributed by atoms with Crippen LogP contribution in [-0.4, -0.2) is 21.8 Å². The number of azo groups is 1. The van der Waals surface area contributed by atoms with E-state index in [0.717, 1.165) is 11.1 Å². The molecule has 6 nitrogen and oxygen atoms in total. The maximum absolute atomic E-state index is 12.6. The largest absolute Gasteiger partial charge is 0.289 e. The van der Waals surface area contributed by atoms with Gasteiger partial charge < -0.3 is 0 Å². The Morgan fingerprint density at radius 1 is 1.25 bits per heavy atom. The minimum atomic E-state index is -1.23. The number of carbonyl (C=O) groups excluding carboxylic acids is 1. The third kappa shape index (κ3) is 4.53. The van der Waals surface area contributed by atoms with Crippen LogP contribution in [0.2, 0.25) is 0 Å². The summed E-state index contributed by atoms with van der Waals surface area (Å²) in [7, 11) is 0. The van der Waals surface area contributed by atoms with Crippen LogP contribution in [0.5, 0.6) is 0 Å². The Hall–Kier alpha value is -3.24. The smallest absolute Gasteiger partial charge is 0.222 e. The second-order valence-corrected chi connectivity index (χ2v) is 8.05. The molecule has 2 heterocycles. The van der Waals surface area contributed by atoms with Gasteiger partial charge in [-0.05, 0) is 35.2 Å². The number of nitrogens with zero attached hydrogens (tertiary/aromatic N) is 5. The number of rotatable bonds is 5. The van der Waals surface area contributed by atoms with Crippen LogP contribution in [0.3, 0.4) is 0 Å². The number of pyridine rings is 1. The van der Waals surface area contributed by atoms with E-state index >= 15 is 0 Å². The molecule has 7 heteroatoms. The van der Waals surface area contributed by atoms with E-state index < -0.39 is 11.8 Å². The number of ketones is 1. The van der Waals surface area contributed by atoms with E-state index in [0.29, 0.717) is 10.7 Å². The Bertz CT molecular complexity index is 1040. The molecule has 140 valence electrons. The van der Waals surface area contributed by atoms with Crippen molar-refractivity contribution in [2.24, 2.45) is 10.2 Å². The van der Waals surface area contributed by atoms with Gasteiger partial charge in [0, 0.05) is 23.3 Å². The number of nitriles is 1. The van der Waals surface area contributed by atoms with Crippen LogP contribution in [0.1, 0.15) is 36.8 Å². The lowest BCUT2D eigenvalue weighted by molar-refractivity contribution is 0.0975. The molecule has 28 heavy (non-hydrogen) atoms. The third-order valence-electron chi connectivity index (χ3n) is 4.04. The summed E-state index contributed by atoms with van der Waals surface area (Å²) in [5, 5.41) is 19.8. The molecule has 0 aliphatic carbocycles. The van der Waals surface area contributed by atoms with Crippen LogP contribution in [0.15, 0.2) is 64.4 Å². The highest BCUT2D eigenvalue weighted by Gasteiger charge is 2.22. The first-order valence-electron chi connectivity index (χ1n) is 8.69. The van der Waals surface area contributed by atoms with Gasteiger partial charge in [0.05, 0.1) is 5.69 Å². The van der Waals surface area contributed by atoms with E-state index in [2.05, 4.69) is 41.0 Å². The van der Waals surface area contributed by atoms with E-state index in [1.165, 1.54) is 11.3 Å². The van der Waals surface area contributed by atoms with Crippen molar-refractivity contribution in [3.8, 4) is 16.6 Å². The number of thiazole rings is 1. The standard InChI is InChI=1S/C21H19N5OS/c1-21(2,3)15-7-4-8-16(10-15)25-26-17(11-22)19(27)18-13-28-20(24-18)14-6-5-9-23-12-14/h4-10,12-13,17H,1-3H3. The summed E-state index contributed by atoms with van der Waals surface area (Å²) in [4.78, 5) is 21.0. The molecule has 0 aliphatic heterocycles. The van der Waals surface area contributed by atoms with Crippen LogP contribution in [0, 0.1) is 11.3 Å². The molecule has 0 aliphatic rings. The number of hydrogen-bond acceptors (Lipinski definition) is 7. The van der Waals surface area contributed by atoms with Crippen molar-refractivity contribution in [1.82, 2.24) is 9.97 Å². The molecule has 0 bridgehead atoms. The lowest BCUT2D eigenvalue weighted by Gasteiger charge is -2.18. The van der Waals surface area contributed by atoms with Gasteiger partial charge >= 0.3 is 0 Å². The summed E-state index contributed by atoms with van der Waals surface area (Å²) in [6.45, 7) is 6.31. The SMILES string of the molecule is CC(C)(C)c1cccc(N=NC(C#N)C(=O)c2csc(-c3cccnc3)n2)c1. The molecule has 3 aromatic rings. The Morgan fingerprint density at radius 3 is 2.75 bits per heavy atom. The van der Waals surface area contributed by atoms with Gasteiger partial charge in [-0.15, -0.1) is 11.3 Å². The number of carbonyl (C=O) groups is 1. The van der Waals surface area contributed by atoms with Crippen molar-refractivity contribution in [3.05, 3.63) is 65.4 Å². The first kappa shape index (κ1) is 19.5. The van der Waals surface area contributed by atoms with Gasteiger partial charge in [0.25, 0.3) is 0 Å². The molecule has 0 saturated heterocycles. The van der Waals surface area contributed by atoms with Gasteiger partial charge in [-0.1, -0.05) is 32.9 Å². The summed E-state index contributed by atoms with van der Waals surface area (Å²) in [5.41, 5.74) is 2.71. The first-order valence-corrected chi connectivity index (χ1v) is 9.57. The molecule has 2 aromatic heterocycles. The Morgan fingerprint density at radius 2 is 2.07 bits per heavy atom. The number of Topliss-reactive ketones (excluding diaryl/α,β-unsaturated/α-hetero) is 1. The molecule has 0 fully saturated rings. The van der Waals surface area contributed by atoms with Gasteiger partial charge in [-0.3, -0.25) is 9.78 Å². The molecule has 3 rings (SSSR count). The zero-order valence-corrected chi connectivity index (χ0v) is 16.6. The highest BCUT2D eigenvalue weighted by molar-refractivity contribution is 7.13.